The van der Waals surface area contributed by atoms with Crippen LogP contribution in [-0.4, -0.2) is 5.17 Å². The number of hydrogen-bond acceptors (Lipinski definition) is 2. The molecule has 0 fully saturated rings. The van der Waals surface area contributed by atoms with Crippen molar-refractivity contribution < 1.29 is 12.4 Å². The molecule has 0 aromatic heterocycles. The van der Waals surface area contributed by atoms with E-state index < -0.39 is 0 Å². The van der Waals surface area contributed by atoms with E-state index in [4.69, 9.17) is 22.7 Å². The van der Waals surface area contributed by atoms with E-state index in [0.717, 1.165) is 16.3 Å². The summed E-state index contributed by atoms with van der Waals surface area (Å²) in [6, 6.07) is 7.52. The number of thioether (sulfide) groups is 1. The quantitative estimate of drug-likeness (QED) is 0.535. The van der Waals surface area contributed by atoms with E-state index in [9.17, 15) is 0 Å². The Morgan fingerprint density at radius 3 is 2.38 bits per heavy atom. The lowest BCUT2D eigenvalue weighted by Crippen LogP contribution is -3.00. The van der Waals surface area contributed by atoms with Crippen molar-refractivity contribution in [2.75, 3.05) is 0 Å². The molecular weight excluding hydrogens is 227 g/mol. The number of nitrogens with two attached hydrogens (primary N) is 1. The van der Waals surface area contributed by atoms with Gasteiger partial charge in [0.2, 0.25) is 0 Å². The minimum atomic E-state index is 0. The number of halogens is 2. The highest BCUT2D eigenvalue weighted by Crippen LogP contribution is 2.14. The van der Waals surface area contributed by atoms with Crippen LogP contribution in [-0.2, 0) is 5.75 Å². The topological polar surface area (TPSA) is 49.9 Å². The first kappa shape index (κ1) is 12.6. The number of rotatable bonds is 2. The molecule has 0 atom stereocenters. The molecule has 5 heteroatoms. The van der Waals surface area contributed by atoms with E-state index in [2.05, 4.69) is 0 Å². The van der Waals surface area contributed by atoms with Gasteiger partial charge in [0.25, 0.3) is 0 Å². The molecule has 0 aliphatic carbocycles. The summed E-state index contributed by atoms with van der Waals surface area (Å²) in [5.41, 5.74) is 6.32. The first-order chi connectivity index (χ1) is 5.68. The summed E-state index contributed by atoms with van der Waals surface area (Å²) in [7, 11) is 0. The van der Waals surface area contributed by atoms with Crippen LogP contribution in [0.25, 0.3) is 0 Å². The van der Waals surface area contributed by atoms with Gasteiger partial charge in [-0.25, -0.2) is 0 Å². The van der Waals surface area contributed by atoms with Crippen LogP contribution in [0.3, 0.4) is 0 Å². The fourth-order valence-corrected chi connectivity index (χ4v) is 1.38. The first-order valence-corrected chi connectivity index (χ1v) is 4.76. The van der Waals surface area contributed by atoms with Gasteiger partial charge in [-0.1, -0.05) is 35.5 Å². The van der Waals surface area contributed by atoms with E-state index in [-0.39, 0.29) is 17.6 Å². The second-order valence-corrected chi connectivity index (χ2v) is 3.73. The molecule has 0 spiro atoms. The van der Waals surface area contributed by atoms with Crippen molar-refractivity contribution in [2.24, 2.45) is 5.73 Å². The molecule has 72 valence electrons. The van der Waals surface area contributed by atoms with Crippen molar-refractivity contribution in [1.82, 2.24) is 0 Å². The summed E-state index contributed by atoms with van der Waals surface area (Å²) in [5, 5.41) is 7.87. The van der Waals surface area contributed by atoms with Gasteiger partial charge in [0.05, 0.1) is 0 Å². The molecule has 0 aliphatic heterocycles. The summed E-state index contributed by atoms with van der Waals surface area (Å²) in [5.74, 6) is 0.729. The van der Waals surface area contributed by atoms with Gasteiger partial charge in [-0.2, -0.15) is 0 Å². The number of benzene rings is 1. The Hall–Kier alpha value is -0.380. The molecule has 0 amide bonds. The Morgan fingerprint density at radius 1 is 1.38 bits per heavy atom. The SMILES string of the molecule is N=C(N)SCc1ccc(Cl)cc1.[Cl-]. The van der Waals surface area contributed by atoms with E-state index in [1.54, 1.807) is 0 Å². The molecule has 13 heavy (non-hydrogen) atoms. The van der Waals surface area contributed by atoms with Gasteiger partial charge in [-0.3, -0.25) is 5.41 Å². The van der Waals surface area contributed by atoms with Crippen molar-refractivity contribution in [3.63, 3.8) is 0 Å². The van der Waals surface area contributed by atoms with Gasteiger partial charge in [-0.15, -0.1) is 0 Å². The molecule has 0 saturated carbocycles. The van der Waals surface area contributed by atoms with Crippen molar-refractivity contribution in [3.05, 3.63) is 34.9 Å². The lowest BCUT2D eigenvalue weighted by Gasteiger charge is -1.98. The second-order valence-electron chi connectivity index (χ2n) is 2.28. The average molecular weight is 236 g/mol. The highest BCUT2D eigenvalue weighted by molar-refractivity contribution is 8.13. The first-order valence-electron chi connectivity index (χ1n) is 3.40. The fourth-order valence-electron chi connectivity index (χ4n) is 0.742. The maximum Gasteiger partial charge on any atom is 0.151 e. The maximum atomic E-state index is 7.00. The lowest BCUT2D eigenvalue weighted by molar-refractivity contribution is -0.00000267. The molecule has 0 radical (unpaired) electrons. The average Bonchev–Trinajstić information content (AvgIpc) is 2.03. The maximum absolute atomic E-state index is 7.00. The molecule has 0 saturated heterocycles. The van der Waals surface area contributed by atoms with Gasteiger partial charge in [0.1, 0.15) is 0 Å². The highest BCUT2D eigenvalue weighted by atomic mass is 35.5. The molecule has 2 nitrogen and oxygen atoms in total. The summed E-state index contributed by atoms with van der Waals surface area (Å²) in [4.78, 5) is 0. The Morgan fingerprint density at radius 2 is 1.92 bits per heavy atom. The van der Waals surface area contributed by atoms with Crippen LogP contribution < -0.4 is 18.1 Å². The number of amidine groups is 1. The zero-order chi connectivity index (χ0) is 8.97. The van der Waals surface area contributed by atoms with Crippen molar-refractivity contribution >= 4 is 28.5 Å². The summed E-state index contributed by atoms with van der Waals surface area (Å²) >= 11 is 7.01. The van der Waals surface area contributed by atoms with Gasteiger partial charge in [0, 0.05) is 10.8 Å². The molecule has 1 rings (SSSR count). The Bertz CT molecular complexity index is 274. The minimum absolute atomic E-state index is 0. The van der Waals surface area contributed by atoms with Crippen LogP contribution in [0.5, 0.6) is 0 Å². The predicted molar refractivity (Wildman–Crippen MR) is 54.7 cm³/mol. The second kappa shape index (κ2) is 6.13. The Labute approximate surface area is 92.8 Å². The zero-order valence-corrected chi connectivity index (χ0v) is 9.09. The van der Waals surface area contributed by atoms with E-state index in [0.29, 0.717) is 0 Å². The Balaban J connectivity index is 0.00000144. The molecule has 1 aromatic carbocycles. The van der Waals surface area contributed by atoms with Crippen LogP contribution in [0, 0.1) is 5.41 Å². The van der Waals surface area contributed by atoms with Crippen LogP contribution in [0.2, 0.25) is 5.02 Å². The molecular formula is C8H9Cl2N2S-. The third-order valence-electron chi connectivity index (χ3n) is 1.31. The van der Waals surface area contributed by atoms with Gasteiger partial charge >= 0.3 is 0 Å². The monoisotopic (exact) mass is 235 g/mol. The summed E-state index contributed by atoms with van der Waals surface area (Å²) in [6.07, 6.45) is 0. The van der Waals surface area contributed by atoms with Gasteiger partial charge in [0.15, 0.2) is 5.17 Å². The molecule has 0 heterocycles. The normalized spacial score (nSPS) is 9.00. The number of nitrogens with one attached hydrogen (secondary N) is 1. The molecule has 3 N–H and O–H groups in total. The minimum Gasteiger partial charge on any atom is -1.00 e. The van der Waals surface area contributed by atoms with Crippen LogP contribution in [0.15, 0.2) is 24.3 Å². The van der Waals surface area contributed by atoms with Crippen molar-refractivity contribution in [2.45, 2.75) is 5.75 Å². The summed E-state index contributed by atoms with van der Waals surface area (Å²) in [6.45, 7) is 0. The van der Waals surface area contributed by atoms with Crippen molar-refractivity contribution in [3.8, 4) is 0 Å². The molecule has 0 unspecified atom stereocenters. The third kappa shape index (κ3) is 5.03. The smallest absolute Gasteiger partial charge is 0.151 e. The standard InChI is InChI=1S/C8H9ClN2S.ClH/c9-7-3-1-6(2-4-7)5-12-8(10)11;/h1-4H,5H2,(H3,10,11);1H/p-1. The van der Waals surface area contributed by atoms with Crippen molar-refractivity contribution in [1.29, 1.82) is 5.41 Å². The Kier molecular flexibility index (Phi) is 5.95. The van der Waals surface area contributed by atoms with Gasteiger partial charge in [-0.05, 0) is 17.7 Å². The van der Waals surface area contributed by atoms with Gasteiger partial charge < -0.3 is 18.1 Å². The zero-order valence-electron chi connectivity index (χ0n) is 6.76. The molecule has 0 bridgehead atoms. The van der Waals surface area contributed by atoms with E-state index >= 15 is 0 Å². The molecule has 0 aliphatic rings. The largest absolute Gasteiger partial charge is 1.00 e. The fraction of sp³-hybridized carbons (Fsp3) is 0.125. The van der Waals surface area contributed by atoms with Crippen LogP contribution >= 0.6 is 23.4 Å². The predicted octanol–water partition coefficient (Wildman–Crippen LogP) is -0.529. The number of hydrogen-bond donors (Lipinski definition) is 2. The molecule has 1 aromatic rings. The van der Waals surface area contributed by atoms with E-state index in [1.807, 2.05) is 24.3 Å². The van der Waals surface area contributed by atoms with E-state index in [1.165, 1.54) is 11.8 Å². The van der Waals surface area contributed by atoms with Crippen LogP contribution in [0.4, 0.5) is 0 Å². The summed E-state index contributed by atoms with van der Waals surface area (Å²) < 4.78 is 0. The lowest BCUT2D eigenvalue weighted by atomic mass is 10.2. The van der Waals surface area contributed by atoms with Crippen LogP contribution in [0.1, 0.15) is 5.56 Å². The third-order valence-corrected chi connectivity index (χ3v) is 2.35. The highest BCUT2D eigenvalue weighted by Gasteiger charge is 1.94.